The predicted octanol–water partition coefficient (Wildman–Crippen LogP) is 2.82. The summed E-state index contributed by atoms with van der Waals surface area (Å²) < 4.78 is 10.7. The molecule has 2 aliphatic rings. The van der Waals surface area contributed by atoms with Crippen LogP contribution in [0.25, 0.3) is 0 Å². The fourth-order valence-electron chi connectivity index (χ4n) is 3.28. The smallest absolute Gasteiger partial charge is 0.232 e. The fraction of sp³-hybridized carbons (Fsp3) is 0.611. The highest BCUT2D eigenvalue weighted by molar-refractivity contribution is 5.95. The predicted molar refractivity (Wildman–Crippen MR) is 109 cm³/mol. The number of hydrogen-bond acceptors (Lipinski definition) is 5. The first-order valence-corrected chi connectivity index (χ1v) is 8.75. The lowest BCUT2D eigenvalue weighted by Crippen LogP contribution is -2.46. The SMILES string of the molecule is Cl.Cl.NCC1(C(=O)Nc2ccc(NC3CCOCC3)cc2)CCOCC1. The van der Waals surface area contributed by atoms with Gasteiger partial charge >= 0.3 is 0 Å². The van der Waals surface area contributed by atoms with E-state index in [-0.39, 0.29) is 30.7 Å². The number of halogens is 2. The van der Waals surface area contributed by atoms with Gasteiger partial charge in [0, 0.05) is 50.4 Å². The van der Waals surface area contributed by atoms with Gasteiger partial charge in [0.25, 0.3) is 0 Å². The van der Waals surface area contributed by atoms with Crippen LogP contribution in [0.15, 0.2) is 24.3 Å². The van der Waals surface area contributed by atoms with E-state index in [9.17, 15) is 4.79 Å². The zero-order valence-electron chi connectivity index (χ0n) is 14.9. The van der Waals surface area contributed by atoms with Crippen molar-refractivity contribution in [2.45, 2.75) is 31.7 Å². The van der Waals surface area contributed by atoms with E-state index in [2.05, 4.69) is 10.6 Å². The highest BCUT2D eigenvalue weighted by Gasteiger charge is 2.38. The zero-order chi connectivity index (χ0) is 16.8. The maximum atomic E-state index is 12.6. The maximum Gasteiger partial charge on any atom is 0.232 e. The lowest BCUT2D eigenvalue weighted by molar-refractivity contribution is -0.130. The first-order valence-electron chi connectivity index (χ1n) is 8.75. The van der Waals surface area contributed by atoms with Crippen molar-refractivity contribution >= 4 is 42.1 Å². The van der Waals surface area contributed by atoms with Gasteiger partial charge < -0.3 is 25.8 Å². The molecule has 1 aromatic carbocycles. The van der Waals surface area contributed by atoms with E-state index >= 15 is 0 Å². The number of nitrogens with two attached hydrogens (primary N) is 1. The summed E-state index contributed by atoms with van der Waals surface area (Å²) >= 11 is 0. The number of anilines is 2. The summed E-state index contributed by atoms with van der Waals surface area (Å²) in [6.45, 7) is 3.18. The van der Waals surface area contributed by atoms with Crippen LogP contribution in [0.4, 0.5) is 11.4 Å². The van der Waals surface area contributed by atoms with E-state index in [1.807, 2.05) is 24.3 Å². The van der Waals surface area contributed by atoms with Gasteiger partial charge in [-0.25, -0.2) is 0 Å². The van der Waals surface area contributed by atoms with E-state index < -0.39 is 5.41 Å². The molecule has 0 aliphatic carbocycles. The van der Waals surface area contributed by atoms with Crippen molar-refractivity contribution in [3.05, 3.63) is 24.3 Å². The normalized spacial score (nSPS) is 19.6. The molecule has 3 rings (SSSR count). The van der Waals surface area contributed by atoms with Crippen molar-refractivity contribution < 1.29 is 14.3 Å². The van der Waals surface area contributed by atoms with Gasteiger partial charge in [0.2, 0.25) is 5.91 Å². The molecule has 1 amide bonds. The summed E-state index contributed by atoms with van der Waals surface area (Å²) in [5.74, 6) is -0.00145. The Balaban J connectivity index is 0.00000169. The van der Waals surface area contributed by atoms with E-state index in [0.29, 0.717) is 38.6 Å². The maximum absolute atomic E-state index is 12.6. The molecular formula is C18H29Cl2N3O3. The standard InChI is InChI=1S/C18H27N3O3.2ClH/c19-13-18(7-11-24-12-8-18)17(22)21-15-3-1-14(2-4-15)20-16-5-9-23-10-6-16;;/h1-4,16,20H,5-13,19H2,(H,21,22);2*1H. The molecule has 0 radical (unpaired) electrons. The molecule has 0 atom stereocenters. The Bertz CT molecular complexity index is 545. The summed E-state index contributed by atoms with van der Waals surface area (Å²) in [5, 5.41) is 6.53. The monoisotopic (exact) mass is 405 g/mol. The number of rotatable bonds is 5. The van der Waals surface area contributed by atoms with Crippen molar-refractivity contribution in [1.82, 2.24) is 0 Å². The van der Waals surface area contributed by atoms with Crippen molar-refractivity contribution in [2.24, 2.45) is 11.1 Å². The van der Waals surface area contributed by atoms with Crippen LogP contribution < -0.4 is 16.4 Å². The van der Waals surface area contributed by atoms with Crippen LogP contribution >= 0.6 is 24.8 Å². The Morgan fingerprint density at radius 1 is 1.00 bits per heavy atom. The topological polar surface area (TPSA) is 85.6 Å². The van der Waals surface area contributed by atoms with Gasteiger partial charge in [-0.3, -0.25) is 4.79 Å². The lowest BCUT2D eigenvalue weighted by Gasteiger charge is -2.34. The van der Waals surface area contributed by atoms with E-state index in [0.717, 1.165) is 37.4 Å². The first-order chi connectivity index (χ1) is 11.7. The molecule has 148 valence electrons. The van der Waals surface area contributed by atoms with Crippen molar-refractivity contribution in [2.75, 3.05) is 43.6 Å². The van der Waals surface area contributed by atoms with Crippen LogP contribution in [0, 0.1) is 5.41 Å². The Morgan fingerprint density at radius 2 is 1.54 bits per heavy atom. The van der Waals surface area contributed by atoms with Crippen LogP contribution in [0.3, 0.4) is 0 Å². The van der Waals surface area contributed by atoms with E-state index in [1.165, 1.54) is 0 Å². The Labute approximate surface area is 167 Å². The molecule has 2 aliphatic heterocycles. The van der Waals surface area contributed by atoms with Gasteiger partial charge in [-0.1, -0.05) is 0 Å². The van der Waals surface area contributed by atoms with E-state index in [1.54, 1.807) is 0 Å². The lowest BCUT2D eigenvalue weighted by atomic mass is 9.79. The highest BCUT2D eigenvalue weighted by atomic mass is 35.5. The Kier molecular flexibility index (Phi) is 9.68. The van der Waals surface area contributed by atoms with E-state index in [4.69, 9.17) is 15.2 Å². The van der Waals surface area contributed by atoms with Crippen molar-refractivity contribution in [1.29, 1.82) is 0 Å². The Hall–Kier alpha value is -1.05. The third kappa shape index (κ3) is 5.72. The van der Waals surface area contributed by atoms with Crippen LogP contribution in [0.5, 0.6) is 0 Å². The second-order valence-electron chi connectivity index (χ2n) is 6.66. The van der Waals surface area contributed by atoms with Gasteiger partial charge in [-0.05, 0) is 49.9 Å². The molecule has 0 unspecified atom stereocenters. The molecule has 0 spiro atoms. The van der Waals surface area contributed by atoms with Crippen molar-refractivity contribution in [3.63, 3.8) is 0 Å². The van der Waals surface area contributed by atoms with Gasteiger partial charge in [-0.2, -0.15) is 0 Å². The third-order valence-electron chi connectivity index (χ3n) is 5.06. The molecule has 2 saturated heterocycles. The molecular weight excluding hydrogens is 377 g/mol. The van der Waals surface area contributed by atoms with Crippen LogP contribution in [0.1, 0.15) is 25.7 Å². The highest BCUT2D eigenvalue weighted by Crippen LogP contribution is 2.31. The van der Waals surface area contributed by atoms with Gasteiger partial charge in [0.1, 0.15) is 0 Å². The quantitative estimate of drug-likeness (QED) is 0.700. The second-order valence-corrected chi connectivity index (χ2v) is 6.66. The Morgan fingerprint density at radius 3 is 2.12 bits per heavy atom. The molecule has 6 nitrogen and oxygen atoms in total. The average Bonchev–Trinajstić information content (AvgIpc) is 2.64. The van der Waals surface area contributed by atoms with Crippen LogP contribution in [-0.4, -0.2) is 44.9 Å². The summed E-state index contributed by atoms with van der Waals surface area (Å²) in [6, 6.07) is 8.34. The number of hydrogen-bond donors (Lipinski definition) is 3. The molecule has 1 aromatic rings. The number of carbonyl (C=O) groups is 1. The number of benzene rings is 1. The first kappa shape index (κ1) is 23.0. The number of nitrogens with one attached hydrogen (secondary N) is 2. The van der Waals surface area contributed by atoms with Crippen LogP contribution in [-0.2, 0) is 14.3 Å². The van der Waals surface area contributed by atoms with Gasteiger partial charge in [0.05, 0.1) is 5.41 Å². The second kappa shape index (κ2) is 10.9. The minimum Gasteiger partial charge on any atom is -0.382 e. The molecule has 0 aromatic heterocycles. The summed E-state index contributed by atoms with van der Waals surface area (Å²) in [7, 11) is 0. The zero-order valence-corrected chi connectivity index (χ0v) is 16.5. The molecule has 2 heterocycles. The molecule has 26 heavy (non-hydrogen) atoms. The number of ether oxygens (including phenoxy) is 2. The largest absolute Gasteiger partial charge is 0.382 e. The van der Waals surface area contributed by atoms with Crippen molar-refractivity contribution in [3.8, 4) is 0 Å². The molecule has 2 fully saturated rings. The van der Waals surface area contributed by atoms with Gasteiger partial charge in [-0.15, -0.1) is 24.8 Å². The summed E-state index contributed by atoms with van der Waals surface area (Å²) in [5.41, 5.74) is 7.25. The number of carbonyl (C=O) groups excluding carboxylic acids is 1. The number of amides is 1. The molecule has 8 heteroatoms. The summed E-state index contributed by atoms with van der Waals surface area (Å²) in [6.07, 6.45) is 3.41. The average molecular weight is 406 g/mol. The van der Waals surface area contributed by atoms with Gasteiger partial charge in [0.15, 0.2) is 0 Å². The molecule has 4 N–H and O–H groups in total. The third-order valence-corrected chi connectivity index (χ3v) is 5.06. The minimum absolute atomic E-state index is 0. The minimum atomic E-state index is -0.503. The fourth-order valence-corrected chi connectivity index (χ4v) is 3.28. The molecule has 0 saturated carbocycles. The van der Waals surface area contributed by atoms with Crippen LogP contribution in [0.2, 0.25) is 0 Å². The summed E-state index contributed by atoms with van der Waals surface area (Å²) in [4.78, 5) is 12.6. The molecule has 0 bridgehead atoms.